The lowest BCUT2D eigenvalue weighted by atomic mass is 10.1. The largest absolute Gasteiger partial charge is 0.480 e. The van der Waals surface area contributed by atoms with E-state index in [0.717, 1.165) is 21.9 Å². The van der Waals surface area contributed by atoms with Crippen LogP contribution in [0, 0.1) is 5.82 Å². The Kier molecular flexibility index (Phi) is 9.66. The normalized spacial score (nSPS) is 22.7. The van der Waals surface area contributed by atoms with E-state index in [1.54, 1.807) is 6.26 Å². The fourth-order valence-electron chi connectivity index (χ4n) is 4.82. The summed E-state index contributed by atoms with van der Waals surface area (Å²) in [7, 11) is 0. The molecule has 1 aromatic carbocycles. The molecule has 4 atom stereocenters. The van der Waals surface area contributed by atoms with E-state index >= 15 is 0 Å². The standard InChI is InChI=1S/C24H29FN4O8S/c1-38-12-17(30)26-15-7-9-28(20(15)23(34)35)18(31)5-6-19(32)29-10-8-16(21(29)24(36)37)27-22(33)13-3-2-4-14(25)11-13/h2-4,11,15-16,20-21H,5-10,12H2,1H3,(H,26,30)(H,27,33)(H,34,35)(H,36,37)/t15-,16-,20-,21-/m0/s1. The lowest BCUT2D eigenvalue weighted by Gasteiger charge is -2.27. The van der Waals surface area contributed by atoms with Crippen molar-refractivity contribution in [3.8, 4) is 0 Å². The summed E-state index contributed by atoms with van der Waals surface area (Å²) in [4.78, 5) is 76.0. The molecular formula is C24H29FN4O8S. The summed E-state index contributed by atoms with van der Waals surface area (Å²) in [5.74, 6) is -5.37. The van der Waals surface area contributed by atoms with Crippen molar-refractivity contribution < 1.29 is 43.4 Å². The van der Waals surface area contributed by atoms with Crippen LogP contribution in [-0.4, -0.2) is 105 Å². The number of nitrogens with one attached hydrogen (secondary N) is 2. The number of likely N-dealkylation sites (tertiary alicyclic amines) is 2. The van der Waals surface area contributed by atoms with Crippen LogP contribution in [0.2, 0.25) is 0 Å². The molecule has 38 heavy (non-hydrogen) atoms. The highest BCUT2D eigenvalue weighted by Gasteiger charge is 2.44. The van der Waals surface area contributed by atoms with Crippen LogP contribution < -0.4 is 10.6 Å². The van der Waals surface area contributed by atoms with Gasteiger partial charge in [0.05, 0.1) is 17.8 Å². The van der Waals surface area contributed by atoms with Crippen molar-refractivity contribution in [1.29, 1.82) is 0 Å². The number of hydrogen-bond acceptors (Lipinski definition) is 7. The molecule has 4 amide bonds. The molecule has 2 aliphatic heterocycles. The highest BCUT2D eigenvalue weighted by atomic mass is 32.2. The maximum Gasteiger partial charge on any atom is 0.328 e. The minimum atomic E-state index is -1.38. The summed E-state index contributed by atoms with van der Waals surface area (Å²) in [6.07, 6.45) is 1.40. The maximum absolute atomic E-state index is 13.4. The SMILES string of the molecule is CSCC(=O)N[C@H]1CCN(C(=O)CCC(=O)N2CC[C@H](NC(=O)c3cccc(F)c3)[C@H]2C(=O)O)[C@@H]1C(=O)O. The van der Waals surface area contributed by atoms with Gasteiger partial charge in [-0.2, -0.15) is 11.8 Å². The number of thioether (sulfide) groups is 1. The molecule has 4 N–H and O–H groups in total. The van der Waals surface area contributed by atoms with Gasteiger partial charge < -0.3 is 30.6 Å². The molecular weight excluding hydrogens is 523 g/mol. The minimum Gasteiger partial charge on any atom is -0.480 e. The number of hydrogen-bond donors (Lipinski definition) is 4. The van der Waals surface area contributed by atoms with Crippen LogP contribution >= 0.6 is 11.8 Å². The molecule has 0 radical (unpaired) electrons. The third-order valence-electron chi connectivity index (χ3n) is 6.52. The van der Waals surface area contributed by atoms with E-state index in [0.29, 0.717) is 0 Å². The van der Waals surface area contributed by atoms with E-state index in [1.807, 2.05) is 0 Å². The van der Waals surface area contributed by atoms with Gasteiger partial charge >= 0.3 is 11.9 Å². The van der Waals surface area contributed by atoms with Crippen LogP contribution in [0.4, 0.5) is 4.39 Å². The molecule has 0 bridgehead atoms. The van der Waals surface area contributed by atoms with E-state index in [1.165, 1.54) is 23.9 Å². The Balaban J connectivity index is 1.60. The highest BCUT2D eigenvalue weighted by molar-refractivity contribution is 7.99. The fourth-order valence-corrected chi connectivity index (χ4v) is 5.16. The zero-order valence-corrected chi connectivity index (χ0v) is 21.4. The Morgan fingerprint density at radius 2 is 1.45 bits per heavy atom. The van der Waals surface area contributed by atoms with Gasteiger partial charge in [-0.25, -0.2) is 14.0 Å². The number of aliphatic carboxylic acids is 2. The van der Waals surface area contributed by atoms with Gasteiger partial charge in [0.25, 0.3) is 5.91 Å². The van der Waals surface area contributed by atoms with Gasteiger partial charge in [-0.05, 0) is 37.3 Å². The van der Waals surface area contributed by atoms with Crippen LogP contribution in [0.5, 0.6) is 0 Å². The molecule has 3 rings (SSSR count). The Morgan fingerprint density at radius 3 is 1.92 bits per heavy atom. The fraction of sp³-hybridized carbons (Fsp3) is 0.500. The lowest BCUT2D eigenvalue weighted by Crippen LogP contribution is -2.52. The summed E-state index contributed by atoms with van der Waals surface area (Å²) in [6, 6.07) is 0.545. The number of carbonyl (C=O) groups excluding carboxylic acids is 4. The molecule has 2 heterocycles. The van der Waals surface area contributed by atoms with Crippen LogP contribution in [0.3, 0.4) is 0 Å². The molecule has 0 spiro atoms. The second-order valence-corrected chi connectivity index (χ2v) is 9.88. The minimum absolute atomic E-state index is 0.00560. The van der Waals surface area contributed by atoms with Gasteiger partial charge in [0.1, 0.15) is 17.9 Å². The van der Waals surface area contributed by atoms with Crippen molar-refractivity contribution in [2.75, 3.05) is 25.1 Å². The molecule has 0 unspecified atom stereocenters. The molecule has 1 aromatic rings. The van der Waals surface area contributed by atoms with Crippen LogP contribution in [0.25, 0.3) is 0 Å². The predicted octanol–water partition coefficient (Wildman–Crippen LogP) is -0.0769. The van der Waals surface area contributed by atoms with Crippen molar-refractivity contribution in [3.63, 3.8) is 0 Å². The van der Waals surface area contributed by atoms with Crippen LogP contribution in [-0.2, 0) is 24.0 Å². The van der Waals surface area contributed by atoms with Crippen molar-refractivity contribution in [2.24, 2.45) is 0 Å². The Bertz CT molecular complexity index is 1120. The van der Waals surface area contributed by atoms with Gasteiger partial charge in [0.15, 0.2) is 0 Å². The number of rotatable bonds is 10. The van der Waals surface area contributed by atoms with E-state index in [-0.39, 0.29) is 56.0 Å². The van der Waals surface area contributed by atoms with Crippen LogP contribution in [0.15, 0.2) is 24.3 Å². The average molecular weight is 553 g/mol. The second kappa shape index (κ2) is 12.7. The zero-order valence-electron chi connectivity index (χ0n) is 20.6. The first-order valence-electron chi connectivity index (χ1n) is 11.9. The summed E-state index contributed by atoms with van der Waals surface area (Å²) < 4.78 is 13.4. The molecule has 206 valence electrons. The first-order valence-corrected chi connectivity index (χ1v) is 13.3. The molecule has 14 heteroatoms. The molecule has 2 aliphatic rings. The molecule has 0 aromatic heterocycles. The van der Waals surface area contributed by atoms with E-state index in [4.69, 9.17) is 0 Å². The van der Waals surface area contributed by atoms with Gasteiger partial charge in [-0.3, -0.25) is 19.2 Å². The number of halogens is 1. The van der Waals surface area contributed by atoms with Crippen molar-refractivity contribution in [2.45, 2.75) is 49.9 Å². The third-order valence-corrected chi connectivity index (χ3v) is 7.07. The van der Waals surface area contributed by atoms with Crippen molar-refractivity contribution in [1.82, 2.24) is 20.4 Å². The number of carboxylic acid groups (broad SMARTS) is 2. The Labute approximate surface area is 221 Å². The summed E-state index contributed by atoms with van der Waals surface area (Å²) >= 11 is 1.28. The molecule has 2 fully saturated rings. The van der Waals surface area contributed by atoms with Gasteiger partial charge in [0.2, 0.25) is 17.7 Å². The number of benzene rings is 1. The number of amides is 4. The van der Waals surface area contributed by atoms with Gasteiger partial charge in [-0.15, -0.1) is 0 Å². The highest BCUT2D eigenvalue weighted by Crippen LogP contribution is 2.23. The average Bonchev–Trinajstić information content (AvgIpc) is 3.47. The molecule has 0 aliphatic carbocycles. The third kappa shape index (κ3) is 6.79. The first-order chi connectivity index (χ1) is 18.0. The monoisotopic (exact) mass is 552 g/mol. The van der Waals surface area contributed by atoms with Crippen molar-refractivity contribution >= 4 is 47.3 Å². The number of carboxylic acids is 2. The van der Waals surface area contributed by atoms with Gasteiger partial charge in [-0.1, -0.05) is 6.07 Å². The quantitative estimate of drug-likeness (QED) is 0.310. The summed E-state index contributed by atoms with van der Waals surface area (Å²) in [6.45, 7) is 0.104. The number of carbonyl (C=O) groups is 6. The smallest absolute Gasteiger partial charge is 0.328 e. The first kappa shape index (κ1) is 28.9. The molecule has 12 nitrogen and oxygen atoms in total. The topological polar surface area (TPSA) is 173 Å². The van der Waals surface area contributed by atoms with Crippen LogP contribution in [0.1, 0.15) is 36.0 Å². The molecule has 0 saturated carbocycles. The van der Waals surface area contributed by atoms with E-state index in [9.17, 15) is 43.4 Å². The number of nitrogens with zero attached hydrogens (tertiary/aromatic N) is 2. The molecule has 2 saturated heterocycles. The van der Waals surface area contributed by atoms with E-state index < -0.39 is 59.6 Å². The predicted molar refractivity (Wildman–Crippen MR) is 133 cm³/mol. The zero-order chi connectivity index (χ0) is 28.0. The van der Waals surface area contributed by atoms with Crippen molar-refractivity contribution in [3.05, 3.63) is 35.6 Å². The van der Waals surface area contributed by atoms with E-state index in [2.05, 4.69) is 10.6 Å². The second-order valence-electron chi connectivity index (χ2n) is 9.02. The summed E-state index contributed by atoms with van der Waals surface area (Å²) in [5.41, 5.74) is 0.00560. The lowest BCUT2D eigenvalue weighted by molar-refractivity contribution is -0.151. The Hall–Kier alpha value is -3.68. The summed E-state index contributed by atoms with van der Waals surface area (Å²) in [5, 5.41) is 24.5. The Morgan fingerprint density at radius 1 is 0.921 bits per heavy atom. The van der Waals surface area contributed by atoms with Gasteiger partial charge in [0, 0.05) is 31.5 Å². The maximum atomic E-state index is 13.4.